The third kappa shape index (κ3) is 4.18. The maximum absolute atomic E-state index is 6.11. The predicted molar refractivity (Wildman–Crippen MR) is 87.1 cm³/mol. The van der Waals surface area contributed by atoms with E-state index in [1.807, 2.05) is 18.2 Å². The first-order chi connectivity index (χ1) is 9.61. The first-order valence-electron chi connectivity index (χ1n) is 7.04. The van der Waals surface area contributed by atoms with Gasteiger partial charge in [0.05, 0.1) is 6.61 Å². The fraction of sp³-hybridized carbons (Fsp3) is 0.600. The van der Waals surface area contributed by atoms with Gasteiger partial charge in [-0.05, 0) is 49.6 Å². The van der Waals surface area contributed by atoms with E-state index in [-0.39, 0.29) is 6.04 Å². The molecule has 1 aromatic rings. The summed E-state index contributed by atoms with van der Waals surface area (Å²) in [7, 11) is 2.12. The van der Waals surface area contributed by atoms with Gasteiger partial charge in [0.25, 0.3) is 0 Å². The molecule has 0 bridgehead atoms. The number of nitrogens with zero attached hydrogens (tertiary/aromatic N) is 1. The van der Waals surface area contributed by atoms with Crippen molar-refractivity contribution in [2.45, 2.75) is 18.9 Å². The zero-order valence-corrected chi connectivity index (χ0v) is 14.2. The number of rotatable bonds is 5. The summed E-state index contributed by atoms with van der Waals surface area (Å²) < 4.78 is 6.62. The van der Waals surface area contributed by atoms with Gasteiger partial charge in [0, 0.05) is 35.2 Å². The van der Waals surface area contributed by atoms with E-state index in [2.05, 4.69) is 27.9 Å². The number of hydrogen-bond acceptors (Lipinski definition) is 3. The van der Waals surface area contributed by atoms with E-state index in [9.17, 15) is 0 Å². The van der Waals surface area contributed by atoms with Crippen molar-refractivity contribution < 1.29 is 4.74 Å². The van der Waals surface area contributed by atoms with Gasteiger partial charge in [-0.1, -0.05) is 27.5 Å². The van der Waals surface area contributed by atoms with Gasteiger partial charge in [-0.25, -0.2) is 0 Å². The molecular formula is C15H22BrClN2O. The molecule has 2 unspecified atom stereocenters. The first kappa shape index (κ1) is 16.2. The molecule has 112 valence electrons. The average molecular weight is 362 g/mol. The normalized spacial score (nSPS) is 21.1. The Morgan fingerprint density at radius 2 is 2.35 bits per heavy atom. The Morgan fingerprint density at radius 3 is 3.00 bits per heavy atom. The summed E-state index contributed by atoms with van der Waals surface area (Å²) >= 11 is 9.71. The van der Waals surface area contributed by atoms with E-state index in [4.69, 9.17) is 22.1 Å². The van der Waals surface area contributed by atoms with Crippen LogP contribution in [-0.4, -0.2) is 38.3 Å². The van der Waals surface area contributed by atoms with Crippen molar-refractivity contribution in [3.05, 3.63) is 33.3 Å². The Hall–Kier alpha value is -0.130. The lowest BCUT2D eigenvalue weighted by Gasteiger charge is -2.33. The van der Waals surface area contributed by atoms with Crippen molar-refractivity contribution in [1.29, 1.82) is 0 Å². The van der Waals surface area contributed by atoms with Crippen LogP contribution in [0.25, 0.3) is 0 Å². The van der Waals surface area contributed by atoms with Gasteiger partial charge >= 0.3 is 0 Å². The topological polar surface area (TPSA) is 38.5 Å². The van der Waals surface area contributed by atoms with Crippen LogP contribution in [0.4, 0.5) is 0 Å². The van der Waals surface area contributed by atoms with Crippen molar-refractivity contribution >= 4 is 27.5 Å². The van der Waals surface area contributed by atoms with Gasteiger partial charge in [-0.15, -0.1) is 0 Å². The van der Waals surface area contributed by atoms with Crippen molar-refractivity contribution in [3.8, 4) is 0 Å². The lowest BCUT2D eigenvalue weighted by molar-refractivity contribution is 0.0365. The van der Waals surface area contributed by atoms with Crippen LogP contribution in [0.3, 0.4) is 0 Å². The second-order valence-corrected chi connectivity index (χ2v) is 6.73. The molecule has 0 amide bonds. The fourth-order valence-corrected chi connectivity index (χ4v) is 3.49. The van der Waals surface area contributed by atoms with Crippen LogP contribution in [0.1, 0.15) is 24.4 Å². The summed E-state index contributed by atoms with van der Waals surface area (Å²) in [6.45, 7) is 3.34. The van der Waals surface area contributed by atoms with E-state index in [0.29, 0.717) is 12.5 Å². The largest absolute Gasteiger partial charge is 0.381 e. The highest BCUT2D eigenvalue weighted by molar-refractivity contribution is 9.10. The molecule has 2 atom stereocenters. The molecule has 0 aliphatic carbocycles. The van der Waals surface area contributed by atoms with Crippen LogP contribution >= 0.6 is 27.5 Å². The van der Waals surface area contributed by atoms with Crippen molar-refractivity contribution in [2.75, 3.05) is 33.4 Å². The van der Waals surface area contributed by atoms with E-state index < -0.39 is 0 Å². The molecule has 0 radical (unpaired) electrons. The Kier molecular flexibility index (Phi) is 6.30. The number of benzene rings is 1. The average Bonchev–Trinajstić information content (AvgIpc) is 2.44. The molecule has 3 nitrogen and oxygen atoms in total. The number of likely N-dealkylation sites (N-methyl/N-ethyl adjacent to an activating group) is 1. The van der Waals surface area contributed by atoms with E-state index >= 15 is 0 Å². The maximum Gasteiger partial charge on any atom is 0.0506 e. The molecular weight excluding hydrogens is 340 g/mol. The summed E-state index contributed by atoms with van der Waals surface area (Å²) in [6.07, 6.45) is 2.39. The molecule has 1 fully saturated rings. The third-order valence-corrected chi connectivity index (χ3v) is 4.83. The maximum atomic E-state index is 6.11. The Balaban J connectivity index is 2.07. The quantitative estimate of drug-likeness (QED) is 0.873. The molecule has 1 aliphatic heterocycles. The number of hydrogen-bond donors (Lipinski definition) is 1. The van der Waals surface area contributed by atoms with Crippen molar-refractivity contribution in [3.63, 3.8) is 0 Å². The third-order valence-electron chi connectivity index (χ3n) is 3.87. The molecule has 1 heterocycles. The number of ether oxygens (including phenoxy) is 1. The summed E-state index contributed by atoms with van der Waals surface area (Å²) in [5.74, 6) is 0.598. The smallest absolute Gasteiger partial charge is 0.0506 e. The SMILES string of the molecule is CN(CC1CCCOC1)C(CN)c1cc(Cl)ccc1Br. The van der Waals surface area contributed by atoms with Crippen molar-refractivity contribution in [1.82, 2.24) is 4.90 Å². The molecule has 0 aromatic heterocycles. The summed E-state index contributed by atoms with van der Waals surface area (Å²) in [5.41, 5.74) is 7.15. The van der Waals surface area contributed by atoms with Gasteiger partial charge in [0.15, 0.2) is 0 Å². The molecule has 2 N–H and O–H groups in total. The zero-order chi connectivity index (χ0) is 14.5. The van der Waals surface area contributed by atoms with Crippen LogP contribution in [0.15, 0.2) is 22.7 Å². The molecule has 1 aliphatic rings. The fourth-order valence-electron chi connectivity index (χ4n) is 2.80. The molecule has 1 aromatic carbocycles. The summed E-state index contributed by atoms with van der Waals surface area (Å²) in [4.78, 5) is 2.32. The number of nitrogens with two attached hydrogens (primary N) is 1. The monoisotopic (exact) mass is 360 g/mol. The second kappa shape index (κ2) is 7.76. The van der Waals surface area contributed by atoms with E-state index in [0.717, 1.165) is 41.2 Å². The highest BCUT2D eigenvalue weighted by Gasteiger charge is 2.22. The minimum Gasteiger partial charge on any atom is -0.381 e. The Labute approximate surface area is 134 Å². The zero-order valence-electron chi connectivity index (χ0n) is 11.8. The van der Waals surface area contributed by atoms with Gasteiger partial charge in [0.2, 0.25) is 0 Å². The predicted octanol–water partition coefficient (Wildman–Crippen LogP) is 3.46. The highest BCUT2D eigenvalue weighted by Crippen LogP contribution is 2.30. The second-order valence-electron chi connectivity index (χ2n) is 5.44. The minimum absolute atomic E-state index is 0.171. The lowest BCUT2D eigenvalue weighted by atomic mass is 9.99. The van der Waals surface area contributed by atoms with Gasteiger partial charge in [-0.3, -0.25) is 4.90 Å². The molecule has 20 heavy (non-hydrogen) atoms. The standard InChI is InChI=1S/C15H22BrClN2O/c1-19(9-11-3-2-6-20-10-11)15(8-18)13-7-12(17)4-5-14(13)16/h4-5,7,11,15H,2-3,6,8-10,18H2,1H3. The number of halogens is 2. The van der Waals surface area contributed by atoms with Crippen LogP contribution in [-0.2, 0) is 4.74 Å². The Morgan fingerprint density at radius 1 is 1.55 bits per heavy atom. The Bertz CT molecular complexity index is 438. The lowest BCUT2D eigenvalue weighted by Crippen LogP contribution is -2.36. The van der Waals surface area contributed by atoms with Crippen molar-refractivity contribution in [2.24, 2.45) is 11.7 Å². The summed E-state index contributed by atoms with van der Waals surface area (Å²) in [5, 5.41) is 0.746. The van der Waals surface area contributed by atoms with Crippen LogP contribution in [0, 0.1) is 5.92 Å². The van der Waals surface area contributed by atoms with Crippen LogP contribution in [0.2, 0.25) is 5.02 Å². The minimum atomic E-state index is 0.171. The molecule has 5 heteroatoms. The summed E-state index contributed by atoms with van der Waals surface area (Å²) in [6, 6.07) is 6.04. The molecule has 0 spiro atoms. The molecule has 1 saturated heterocycles. The first-order valence-corrected chi connectivity index (χ1v) is 8.22. The highest BCUT2D eigenvalue weighted by atomic mass is 79.9. The van der Waals surface area contributed by atoms with E-state index in [1.54, 1.807) is 0 Å². The van der Waals surface area contributed by atoms with Crippen LogP contribution in [0.5, 0.6) is 0 Å². The van der Waals surface area contributed by atoms with Gasteiger partial charge in [0.1, 0.15) is 0 Å². The van der Waals surface area contributed by atoms with E-state index in [1.165, 1.54) is 6.42 Å². The van der Waals surface area contributed by atoms with Gasteiger partial charge in [-0.2, -0.15) is 0 Å². The van der Waals surface area contributed by atoms with Crippen LogP contribution < -0.4 is 5.73 Å². The molecule has 0 saturated carbocycles. The molecule has 2 rings (SSSR count). The van der Waals surface area contributed by atoms with Gasteiger partial charge < -0.3 is 10.5 Å².